The zero-order chi connectivity index (χ0) is 39.6. The van der Waals surface area contributed by atoms with Crippen molar-refractivity contribution < 1.29 is 47.5 Å². The molecule has 0 aromatic rings. The van der Waals surface area contributed by atoms with E-state index in [0.717, 1.165) is 63.5 Å². The molecular formula is C44H71NO10. The van der Waals surface area contributed by atoms with E-state index in [0.29, 0.717) is 18.4 Å². The molecule has 11 heteroatoms. The van der Waals surface area contributed by atoms with E-state index in [4.69, 9.17) is 37.9 Å². The molecule has 6 aliphatic rings. The summed E-state index contributed by atoms with van der Waals surface area (Å²) in [5.41, 5.74) is 2.08. The van der Waals surface area contributed by atoms with E-state index >= 15 is 0 Å². The number of allylic oxidation sites excluding steroid dienone is 4. The number of ether oxygens (including phenoxy) is 8. The number of fused-ring (bicyclic) bond motifs is 5. The lowest BCUT2D eigenvalue weighted by Crippen LogP contribution is -2.59. The Morgan fingerprint density at radius 2 is 1.56 bits per heavy atom. The summed E-state index contributed by atoms with van der Waals surface area (Å²) in [5.74, 6) is 0.0104. The Morgan fingerprint density at radius 3 is 2.24 bits per heavy atom. The number of rotatable bonds is 11. The van der Waals surface area contributed by atoms with Crippen molar-refractivity contribution >= 4 is 11.8 Å². The Hall–Kier alpha value is -1.70. The largest absolute Gasteiger partial charge is 0.462 e. The Bertz CT molecular complexity index is 1370. The van der Waals surface area contributed by atoms with Crippen molar-refractivity contribution in [1.29, 1.82) is 0 Å². The van der Waals surface area contributed by atoms with Crippen LogP contribution in [0.2, 0.25) is 0 Å². The molecule has 4 fully saturated rings. The quantitative estimate of drug-likeness (QED) is 0.166. The molecule has 0 amide bonds. The summed E-state index contributed by atoms with van der Waals surface area (Å²) < 4.78 is 50.0. The normalized spacial score (nSPS) is 44.1. The molecule has 3 saturated heterocycles. The van der Waals surface area contributed by atoms with E-state index in [9.17, 15) is 9.59 Å². The van der Waals surface area contributed by atoms with Crippen molar-refractivity contribution in [1.82, 2.24) is 4.90 Å². The van der Waals surface area contributed by atoms with Gasteiger partial charge in [0.25, 0.3) is 0 Å². The SMILES string of the molecule is CCCN(C)[C@H]1CC[C@H](O[C@H]2CCC[C@H](CC)OC(=O)C[C@@H]3C(=C[C@@H]4[C@H]3C=C(C)[C@@H]3C[C@@H](O[C@@H]5OC(C)[C@H](OC)[C@@H](OC)C5OC)C[C@@H]43)C(=O)[C@@H]2C)OC1C. The number of methoxy groups -OCH3 is 3. The van der Waals surface area contributed by atoms with Crippen LogP contribution in [0.5, 0.6) is 0 Å². The van der Waals surface area contributed by atoms with Crippen molar-refractivity contribution in [3.05, 3.63) is 23.3 Å². The van der Waals surface area contributed by atoms with E-state index in [1.165, 1.54) is 5.57 Å². The lowest BCUT2D eigenvalue weighted by Gasteiger charge is -2.44. The standard InChI is InChI=1S/C44H71NO10/c1-11-18-45(7)36-16-17-39(51-26(36)5)55-37-15-13-14-28(12-2)53-38(46)23-34-31-19-24(3)30-20-29(21-32(30)33(31)22-35(34)40(47)25(37)4)54-44-43(50-10)42(49-9)41(48-8)27(6)52-44/h19,22,25-34,36-37,39,41-44H,11-18,20-21,23H2,1-10H3/t25-,26?,27?,28+,29-,30+,31-,32-,33-,34+,36+,37+,39+,41+,42-,43?,44+/m1/s1. The third kappa shape index (κ3) is 9.14. The zero-order valence-corrected chi connectivity index (χ0v) is 35.3. The van der Waals surface area contributed by atoms with Crippen molar-refractivity contribution in [2.75, 3.05) is 34.9 Å². The van der Waals surface area contributed by atoms with E-state index < -0.39 is 12.4 Å². The number of carbonyl (C=O) groups excluding carboxylic acids is 2. The fourth-order valence-electron chi connectivity index (χ4n) is 11.2. The summed E-state index contributed by atoms with van der Waals surface area (Å²) in [7, 11) is 7.17. The number of cyclic esters (lactones) is 1. The number of likely N-dealkylation sites (N-methyl/N-ethyl adjacent to an activating group) is 1. The molecule has 3 aliphatic heterocycles. The molecule has 3 aliphatic carbocycles. The van der Waals surface area contributed by atoms with Gasteiger partial charge in [0.1, 0.15) is 24.4 Å². The van der Waals surface area contributed by atoms with E-state index in [1.807, 2.05) is 13.8 Å². The van der Waals surface area contributed by atoms with Gasteiger partial charge in [0.2, 0.25) is 0 Å². The molecule has 11 nitrogen and oxygen atoms in total. The van der Waals surface area contributed by atoms with E-state index in [-0.39, 0.29) is 96.8 Å². The number of hydrogen-bond acceptors (Lipinski definition) is 11. The van der Waals surface area contributed by atoms with Gasteiger partial charge in [0.05, 0.1) is 30.8 Å². The predicted octanol–water partition coefficient (Wildman–Crippen LogP) is 6.66. The zero-order valence-electron chi connectivity index (χ0n) is 35.3. The van der Waals surface area contributed by atoms with Gasteiger partial charge in [-0.2, -0.15) is 0 Å². The molecule has 312 valence electrons. The molecule has 0 spiro atoms. The third-order valence-electron chi connectivity index (χ3n) is 14.1. The first-order valence-corrected chi connectivity index (χ1v) is 21.5. The van der Waals surface area contributed by atoms with Gasteiger partial charge in [-0.3, -0.25) is 9.59 Å². The highest BCUT2D eigenvalue weighted by Crippen LogP contribution is 2.56. The molecule has 6 rings (SSSR count). The van der Waals surface area contributed by atoms with Crippen LogP contribution in [0.15, 0.2) is 23.3 Å². The van der Waals surface area contributed by atoms with Crippen LogP contribution in [0.3, 0.4) is 0 Å². The fraction of sp³-hybridized carbons (Fsp3) is 0.864. The van der Waals surface area contributed by atoms with Crippen molar-refractivity contribution in [3.8, 4) is 0 Å². The molecule has 0 aromatic carbocycles. The molecule has 0 N–H and O–H groups in total. The highest BCUT2D eigenvalue weighted by molar-refractivity contribution is 5.99. The van der Waals surface area contributed by atoms with Crippen LogP contribution in [0.1, 0.15) is 106 Å². The van der Waals surface area contributed by atoms with Gasteiger partial charge >= 0.3 is 5.97 Å². The first-order chi connectivity index (χ1) is 26.4. The topological polar surface area (TPSA) is 111 Å². The second-order valence-corrected chi connectivity index (χ2v) is 17.5. The molecule has 1 saturated carbocycles. The van der Waals surface area contributed by atoms with E-state index in [1.54, 1.807) is 21.3 Å². The van der Waals surface area contributed by atoms with Gasteiger partial charge in [-0.15, -0.1) is 0 Å². The van der Waals surface area contributed by atoms with Crippen LogP contribution in [-0.2, 0) is 47.5 Å². The monoisotopic (exact) mass is 774 g/mol. The summed E-state index contributed by atoms with van der Waals surface area (Å²) >= 11 is 0. The predicted molar refractivity (Wildman–Crippen MR) is 208 cm³/mol. The molecule has 3 unspecified atom stereocenters. The number of ketones is 1. The van der Waals surface area contributed by atoms with Gasteiger partial charge in [-0.05, 0) is 121 Å². The van der Waals surface area contributed by atoms with Crippen LogP contribution in [0.4, 0.5) is 0 Å². The van der Waals surface area contributed by atoms with Gasteiger partial charge in [-0.25, -0.2) is 0 Å². The third-order valence-corrected chi connectivity index (χ3v) is 14.1. The number of Topliss-reactive ketones (excluding diaryl/α,β-unsaturated/α-hetero) is 1. The lowest BCUT2D eigenvalue weighted by atomic mass is 9.67. The fourth-order valence-corrected chi connectivity index (χ4v) is 11.2. The highest BCUT2D eigenvalue weighted by atomic mass is 16.7. The summed E-state index contributed by atoms with van der Waals surface area (Å²) in [6, 6.07) is 0.356. The molecule has 55 heavy (non-hydrogen) atoms. The first-order valence-electron chi connectivity index (χ1n) is 21.5. The second-order valence-electron chi connectivity index (χ2n) is 17.5. The Labute approximate surface area is 330 Å². The molecule has 0 radical (unpaired) electrons. The van der Waals surface area contributed by atoms with Crippen LogP contribution in [0, 0.1) is 35.5 Å². The number of hydrogen-bond donors (Lipinski definition) is 0. The van der Waals surface area contributed by atoms with Gasteiger partial charge in [0, 0.05) is 39.2 Å². The van der Waals surface area contributed by atoms with Crippen molar-refractivity contribution in [2.24, 2.45) is 35.5 Å². The molecular weight excluding hydrogens is 702 g/mol. The minimum absolute atomic E-state index is 0.0404. The van der Waals surface area contributed by atoms with Gasteiger partial charge in [0.15, 0.2) is 18.4 Å². The maximum atomic E-state index is 14.8. The smallest absolute Gasteiger partial charge is 0.306 e. The molecule has 0 bridgehead atoms. The number of carbonyl (C=O) groups is 2. The van der Waals surface area contributed by atoms with Crippen LogP contribution in [-0.4, -0.2) is 119 Å². The highest BCUT2D eigenvalue weighted by Gasteiger charge is 2.53. The van der Waals surface area contributed by atoms with Crippen LogP contribution < -0.4 is 0 Å². The minimum atomic E-state index is -0.599. The Morgan fingerprint density at radius 1 is 0.818 bits per heavy atom. The molecule has 0 aromatic heterocycles. The summed E-state index contributed by atoms with van der Waals surface area (Å²) in [5, 5.41) is 0. The minimum Gasteiger partial charge on any atom is -0.462 e. The molecule has 17 atom stereocenters. The van der Waals surface area contributed by atoms with E-state index in [2.05, 4.69) is 51.8 Å². The van der Waals surface area contributed by atoms with Gasteiger partial charge < -0.3 is 42.8 Å². The maximum Gasteiger partial charge on any atom is 0.306 e. The molecule has 3 heterocycles. The maximum absolute atomic E-state index is 14.8. The number of nitrogens with zero attached hydrogens (tertiary/aromatic N) is 1. The average Bonchev–Trinajstić information content (AvgIpc) is 3.74. The second kappa shape index (κ2) is 18.9. The van der Waals surface area contributed by atoms with Crippen LogP contribution >= 0.6 is 0 Å². The first kappa shape index (κ1) is 42.9. The van der Waals surface area contributed by atoms with Crippen molar-refractivity contribution in [3.63, 3.8) is 0 Å². The summed E-state index contributed by atoms with van der Waals surface area (Å²) in [6.45, 7) is 13.7. The Balaban J connectivity index is 1.22. The number of esters is 1. The Kier molecular flexibility index (Phi) is 14.8. The lowest BCUT2D eigenvalue weighted by molar-refractivity contribution is -0.314. The average molecular weight is 774 g/mol. The summed E-state index contributed by atoms with van der Waals surface area (Å²) in [6.07, 6.45) is 9.73. The van der Waals surface area contributed by atoms with Gasteiger partial charge in [-0.1, -0.05) is 38.5 Å². The van der Waals surface area contributed by atoms with Crippen molar-refractivity contribution in [2.45, 2.75) is 173 Å². The summed E-state index contributed by atoms with van der Waals surface area (Å²) in [4.78, 5) is 30.8. The van der Waals surface area contributed by atoms with Crippen LogP contribution in [0.25, 0.3) is 0 Å².